The highest BCUT2D eigenvalue weighted by molar-refractivity contribution is 5.79. The molecule has 5 nitrogen and oxygen atoms in total. The van der Waals surface area contributed by atoms with Crippen molar-refractivity contribution < 1.29 is 9.47 Å². The quantitative estimate of drug-likeness (QED) is 0.637. The molecule has 0 aromatic heterocycles. The molecule has 104 valence electrons. The Labute approximate surface area is 114 Å². The van der Waals surface area contributed by atoms with Crippen LogP contribution in [0.3, 0.4) is 0 Å². The Morgan fingerprint density at radius 1 is 1.21 bits per heavy atom. The molecule has 1 unspecified atom stereocenters. The number of guanidine groups is 1. The summed E-state index contributed by atoms with van der Waals surface area (Å²) in [4.78, 5) is 4.49. The van der Waals surface area contributed by atoms with Crippen LogP contribution in [0.4, 0.5) is 0 Å². The standard InChI is InChI=1S/C14H21N3O2/c1-3-15-14(16-4-2)17-9-11-10-18-12-7-5-6-8-13(12)19-11/h5-8,11H,3-4,9-10H2,1-2H3,(H2,15,16,17). The summed E-state index contributed by atoms with van der Waals surface area (Å²) in [6.07, 6.45) is -0.0396. The molecule has 0 bridgehead atoms. The molecule has 0 spiro atoms. The van der Waals surface area contributed by atoms with E-state index < -0.39 is 0 Å². The minimum absolute atomic E-state index is 0.0396. The highest BCUT2D eigenvalue weighted by Crippen LogP contribution is 2.30. The van der Waals surface area contributed by atoms with Crippen LogP contribution in [-0.4, -0.2) is 38.3 Å². The van der Waals surface area contributed by atoms with E-state index in [1.807, 2.05) is 38.1 Å². The van der Waals surface area contributed by atoms with Crippen molar-refractivity contribution in [2.45, 2.75) is 20.0 Å². The van der Waals surface area contributed by atoms with E-state index in [4.69, 9.17) is 9.47 Å². The summed E-state index contributed by atoms with van der Waals surface area (Å²) in [5.74, 6) is 2.41. The molecule has 2 rings (SSSR count). The number of nitrogens with zero attached hydrogens (tertiary/aromatic N) is 1. The second kappa shape index (κ2) is 6.87. The first-order valence-corrected chi connectivity index (χ1v) is 6.74. The third-order valence-corrected chi connectivity index (χ3v) is 2.71. The third kappa shape index (κ3) is 3.77. The monoisotopic (exact) mass is 263 g/mol. The summed E-state index contributed by atoms with van der Waals surface area (Å²) in [5.41, 5.74) is 0. The van der Waals surface area contributed by atoms with Crippen LogP contribution in [0.25, 0.3) is 0 Å². The first-order valence-electron chi connectivity index (χ1n) is 6.74. The fourth-order valence-corrected chi connectivity index (χ4v) is 1.86. The molecule has 1 aliphatic rings. The van der Waals surface area contributed by atoms with Crippen molar-refractivity contribution in [2.24, 2.45) is 4.99 Å². The molecule has 1 aromatic rings. The van der Waals surface area contributed by atoms with Crippen LogP contribution in [0, 0.1) is 0 Å². The van der Waals surface area contributed by atoms with Crippen LogP contribution in [0.5, 0.6) is 11.5 Å². The Balaban J connectivity index is 1.92. The predicted octanol–water partition coefficient (Wildman–Crippen LogP) is 1.40. The normalized spacial score (nSPS) is 16.6. The SMILES string of the molecule is CCNC(=NCC1COc2ccccc2O1)NCC. The van der Waals surface area contributed by atoms with Crippen LogP contribution >= 0.6 is 0 Å². The zero-order valence-corrected chi connectivity index (χ0v) is 11.5. The van der Waals surface area contributed by atoms with E-state index in [9.17, 15) is 0 Å². The topological polar surface area (TPSA) is 54.9 Å². The van der Waals surface area contributed by atoms with Gasteiger partial charge in [-0.15, -0.1) is 0 Å². The molecule has 19 heavy (non-hydrogen) atoms. The van der Waals surface area contributed by atoms with Gasteiger partial charge in [-0.2, -0.15) is 0 Å². The van der Waals surface area contributed by atoms with Gasteiger partial charge in [0.15, 0.2) is 23.6 Å². The van der Waals surface area contributed by atoms with Crippen molar-refractivity contribution in [3.05, 3.63) is 24.3 Å². The lowest BCUT2D eigenvalue weighted by molar-refractivity contribution is 0.0971. The second-order valence-corrected chi connectivity index (χ2v) is 4.25. The van der Waals surface area contributed by atoms with Crippen molar-refractivity contribution in [3.8, 4) is 11.5 Å². The van der Waals surface area contributed by atoms with Gasteiger partial charge in [0.1, 0.15) is 6.61 Å². The molecule has 0 saturated carbocycles. The van der Waals surface area contributed by atoms with Gasteiger partial charge in [-0.3, -0.25) is 0 Å². The number of benzene rings is 1. The van der Waals surface area contributed by atoms with E-state index in [1.54, 1.807) is 0 Å². The number of hydrogen-bond donors (Lipinski definition) is 2. The van der Waals surface area contributed by atoms with Crippen molar-refractivity contribution in [1.82, 2.24) is 10.6 Å². The van der Waals surface area contributed by atoms with Gasteiger partial charge in [0.25, 0.3) is 0 Å². The van der Waals surface area contributed by atoms with E-state index in [1.165, 1.54) is 0 Å². The first-order chi connectivity index (χ1) is 9.33. The number of para-hydroxylation sites is 2. The molecule has 1 aromatic carbocycles. The summed E-state index contributed by atoms with van der Waals surface area (Å²) < 4.78 is 11.5. The van der Waals surface area contributed by atoms with Crippen LogP contribution in [-0.2, 0) is 0 Å². The molecule has 0 aliphatic carbocycles. The molecule has 0 saturated heterocycles. The zero-order valence-electron chi connectivity index (χ0n) is 11.5. The minimum Gasteiger partial charge on any atom is -0.486 e. The molecule has 1 atom stereocenters. The maximum Gasteiger partial charge on any atom is 0.191 e. The average molecular weight is 263 g/mol. The molecule has 1 heterocycles. The number of rotatable bonds is 4. The summed E-state index contributed by atoms with van der Waals surface area (Å²) in [6, 6.07) is 7.71. The summed E-state index contributed by atoms with van der Waals surface area (Å²) in [5, 5.41) is 6.37. The van der Waals surface area contributed by atoms with E-state index in [0.717, 1.165) is 30.5 Å². The molecule has 0 fully saturated rings. The second-order valence-electron chi connectivity index (χ2n) is 4.25. The first kappa shape index (κ1) is 13.5. The van der Waals surface area contributed by atoms with Crippen molar-refractivity contribution in [1.29, 1.82) is 0 Å². The van der Waals surface area contributed by atoms with Crippen LogP contribution in [0.2, 0.25) is 0 Å². The fraction of sp³-hybridized carbons (Fsp3) is 0.500. The summed E-state index contributed by atoms with van der Waals surface area (Å²) in [6.45, 7) is 6.88. The third-order valence-electron chi connectivity index (χ3n) is 2.71. The lowest BCUT2D eigenvalue weighted by Gasteiger charge is -2.25. The number of fused-ring (bicyclic) bond motifs is 1. The van der Waals surface area contributed by atoms with Crippen molar-refractivity contribution >= 4 is 5.96 Å². The van der Waals surface area contributed by atoms with E-state index in [2.05, 4.69) is 15.6 Å². The van der Waals surface area contributed by atoms with E-state index in [0.29, 0.717) is 13.2 Å². The van der Waals surface area contributed by atoms with Crippen molar-refractivity contribution in [3.63, 3.8) is 0 Å². The van der Waals surface area contributed by atoms with Gasteiger partial charge in [-0.25, -0.2) is 4.99 Å². The van der Waals surface area contributed by atoms with Gasteiger partial charge in [0, 0.05) is 13.1 Å². The Morgan fingerprint density at radius 2 is 1.89 bits per heavy atom. The largest absolute Gasteiger partial charge is 0.486 e. The average Bonchev–Trinajstić information content (AvgIpc) is 2.45. The van der Waals surface area contributed by atoms with Gasteiger partial charge >= 0.3 is 0 Å². The number of ether oxygens (including phenoxy) is 2. The minimum atomic E-state index is -0.0396. The molecule has 2 N–H and O–H groups in total. The molecule has 0 radical (unpaired) electrons. The van der Waals surface area contributed by atoms with Gasteiger partial charge in [-0.1, -0.05) is 12.1 Å². The van der Waals surface area contributed by atoms with Gasteiger partial charge in [0.05, 0.1) is 6.54 Å². The van der Waals surface area contributed by atoms with Crippen LogP contribution < -0.4 is 20.1 Å². The lowest BCUT2D eigenvalue weighted by atomic mass is 10.2. The zero-order chi connectivity index (χ0) is 13.5. The summed E-state index contributed by atoms with van der Waals surface area (Å²) in [7, 11) is 0. The maximum absolute atomic E-state index is 5.85. The number of nitrogens with one attached hydrogen (secondary N) is 2. The van der Waals surface area contributed by atoms with Crippen LogP contribution in [0.1, 0.15) is 13.8 Å². The maximum atomic E-state index is 5.85. The Bertz CT molecular complexity index is 426. The molecule has 5 heteroatoms. The van der Waals surface area contributed by atoms with Crippen molar-refractivity contribution in [2.75, 3.05) is 26.2 Å². The molecule has 0 amide bonds. The summed E-state index contributed by atoms with van der Waals surface area (Å²) >= 11 is 0. The number of hydrogen-bond acceptors (Lipinski definition) is 3. The molecular formula is C14H21N3O2. The van der Waals surface area contributed by atoms with E-state index >= 15 is 0 Å². The predicted molar refractivity (Wildman–Crippen MR) is 76.0 cm³/mol. The highest BCUT2D eigenvalue weighted by Gasteiger charge is 2.20. The Morgan fingerprint density at radius 3 is 2.58 bits per heavy atom. The molecule has 1 aliphatic heterocycles. The highest BCUT2D eigenvalue weighted by atomic mass is 16.6. The van der Waals surface area contributed by atoms with Gasteiger partial charge in [-0.05, 0) is 26.0 Å². The molecular weight excluding hydrogens is 242 g/mol. The number of aliphatic imine (C=N–C) groups is 1. The Hall–Kier alpha value is -1.91. The van der Waals surface area contributed by atoms with Crippen LogP contribution in [0.15, 0.2) is 29.3 Å². The van der Waals surface area contributed by atoms with Gasteiger partial charge in [0.2, 0.25) is 0 Å². The lowest BCUT2D eigenvalue weighted by Crippen LogP contribution is -2.39. The smallest absolute Gasteiger partial charge is 0.191 e. The van der Waals surface area contributed by atoms with Gasteiger partial charge < -0.3 is 20.1 Å². The fourth-order valence-electron chi connectivity index (χ4n) is 1.86. The Kier molecular flexibility index (Phi) is 4.89. The van der Waals surface area contributed by atoms with E-state index in [-0.39, 0.29) is 6.10 Å².